The molecule has 3 aliphatic rings. The van der Waals surface area contributed by atoms with Gasteiger partial charge in [-0.2, -0.15) is 0 Å². The lowest BCUT2D eigenvalue weighted by Gasteiger charge is -2.34. The van der Waals surface area contributed by atoms with Gasteiger partial charge in [0.25, 0.3) is 0 Å². The Hall–Kier alpha value is -3.35. The molecule has 7 nitrogen and oxygen atoms in total. The normalized spacial score (nSPS) is 23.8. The van der Waals surface area contributed by atoms with E-state index in [0.717, 1.165) is 24.0 Å². The predicted molar refractivity (Wildman–Crippen MR) is 126 cm³/mol. The van der Waals surface area contributed by atoms with Gasteiger partial charge in [0.2, 0.25) is 5.91 Å². The second kappa shape index (κ2) is 9.49. The number of likely N-dealkylation sites (tertiary alicyclic amines) is 1. The molecule has 178 valence electrons. The number of fused-ring (bicyclic) bond motifs is 3. The average molecular weight is 463 g/mol. The molecule has 2 N–H and O–H groups in total. The minimum Gasteiger partial charge on any atom is -0.481 e. The zero-order valence-corrected chi connectivity index (χ0v) is 19.1. The Bertz CT molecular complexity index is 1050. The van der Waals surface area contributed by atoms with Gasteiger partial charge in [-0.05, 0) is 47.9 Å². The van der Waals surface area contributed by atoms with Gasteiger partial charge >= 0.3 is 12.1 Å². The summed E-state index contributed by atoms with van der Waals surface area (Å²) in [4.78, 5) is 38.9. The third kappa shape index (κ3) is 4.27. The van der Waals surface area contributed by atoms with Crippen LogP contribution in [0.3, 0.4) is 0 Å². The molecule has 2 amide bonds. The van der Waals surface area contributed by atoms with E-state index in [0.29, 0.717) is 25.8 Å². The quantitative estimate of drug-likeness (QED) is 0.700. The molecular formula is C27H30N2O5. The van der Waals surface area contributed by atoms with Crippen LogP contribution in [0.25, 0.3) is 11.1 Å². The maximum Gasteiger partial charge on any atom is 0.407 e. The number of carboxylic acid groups (broad SMARTS) is 1. The number of ether oxygens (including phenoxy) is 1. The van der Waals surface area contributed by atoms with Crippen molar-refractivity contribution >= 4 is 18.0 Å². The van der Waals surface area contributed by atoms with Crippen molar-refractivity contribution < 1.29 is 24.2 Å². The minimum atomic E-state index is -0.850. The van der Waals surface area contributed by atoms with Crippen molar-refractivity contribution in [2.75, 3.05) is 19.7 Å². The smallest absolute Gasteiger partial charge is 0.407 e. The van der Waals surface area contributed by atoms with E-state index < -0.39 is 18.0 Å². The molecule has 1 aliphatic heterocycles. The highest BCUT2D eigenvalue weighted by Crippen LogP contribution is 2.44. The first-order valence-electron chi connectivity index (χ1n) is 12.2. The van der Waals surface area contributed by atoms with Gasteiger partial charge in [-0.15, -0.1) is 0 Å². The predicted octanol–water partition coefficient (Wildman–Crippen LogP) is 4.02. The molecule has 1 saturated heterocycles. The third-order valence-electron chi connectivity index (χ3n) is 7.56. The van der Waals surface area contributed by atoms with Gasteiger partial charge in [0.1, 0.15) is 6.61 Å². The zero-order valence-electron chi connectivity index (χ0n) is 19.1. The Balaban J connectivity index is 1.20. The van der Waals surface area contributed by atoms with Crippen molar-refractivity contribution in [3.8, 4) is 11.1 Å². The summed E-state index contributed by atoms with van der Waals surface area (Å²) >= 11 is 0. The molecule has 2 fully saturated rings. The molecule has 0 aromatic heterocycles. The van der Waals surface area contributed by atoms with Crippen LogP contribution in [-0.2, 0) is 14.3 Å². The number of rotatable bonds is 5. The summed E-state index contributed by atoms with van der Waals surface area (Å²) in [6.07, 6.45) is 3.05. The van der Waals surface area contributed by atoms with Gasteiger partial charge in [-0.3, -0.25) is 9.59 Å². The summed E-state index contributed by atoms with van der Waals surface area (Å²) in [6, 6.07) is 16.1. The molecule has 2 aromatic carbocycles. The molecule has 1 heterocycles. The van der Waals surface area contributed by atoms with Gasteiger partial charge in [0.15, 0.2) is 0 Å². The van der Waals surface area contributed by atoms with Crippen LogP contribution in [0.2, 0.25) is 0 Å². The van der Waals surface area contributed by atoms with Crippen LogP contribution in [0.4, 0.5) is 4.79 Å². The number of alkyl carbamates (subject to hydrolysis) is 1. The van der Waals surface area contributed by atoms with E-state index in [4.69, 9.17) is 4.74 Å². The SMILES string of the molecule is O=C(N[C@H]1CCC[C@H]1C(=O)N1CCC[C@@H](C(=O)O)C1)OCC1c2ccccc2-c2ccccc21. The Morgan fingerprint density at radius 2 is 1.62 bits per heavy atom. The molecular weight excluding hydrogens is 432 g/mol. The first kappa shape index (κ1) is 22.4. The molecule has 7 heteroatoms. The van der Waals surface area contributed by atoms with Crippen molar-refractivity contribution in [1.29, 1.82) is 0 Å². The summed E-state index contributed by atoms with van der Waals surface area (Å²) in [6.45, 7) is 1.07. The molecule has 5 rings (SSSR count). The highest BCUT2D eigenvalue weighted by molar-refractivity contribution is 5.82. The summed E-state index contributed by atoms with van der Waals surface area (Å²) in [7, 11) is 0. The topological polar surface area (TPSA) is 95.9 Å². The average Bonchev–Trinajstić information content (AvgIpc) is 3.44. The number of hydrogen-bond donors (Lipinski definition) is 2. The van der Waals surface area contributed by atoms with Crippen LogP contribution in [0.15, 0.2) is 48.5 Å². The van der Waals surface area contributed by atoms with E-state index in [1.807, 2.05) is 24.3 Å². The van der Waals surface area contributed by atoms with Gasteiger partial charge in [-0.25, -0.2) is 4.79 Å². The molecule has 0 spiro atoms. The van der Waals surface area contributed by atoms with Crippen molar-refractivity contribution in [3.05, 3.63) is 59.7 Å². The Kier molecular flexibility index (Phi) is 6.26. The monoisotopic (exact) mass is 462 g/mol. The van der Waals surface area contributed by atoms with Crippen LogP contribution >= 0.6 is 0 Å². The van der Waals surface area contributed by atoms with Crippen LogP contribution < -0.4 is 5.32 Å². The third-order valence-corrected chi connectivity index (χ3v) is 7.56. The molecule has 1 saturated carbocycles. The largest absolute Gasteiger partial charge is 0.481 e. The zero-order chi connectivity index (χ0) is 23.7. The molecule has 0 unspecified atom stereocenters. The highest BCUT2D eigenvalue weighted by Gasteiger charge is 2.39. The van der Waals surface area contributed by atoms with Gasteiger partial charge in [-0.1, -0.05) is 55.0 Å². The number of aliphatic carboxylic acids is 1. The molecule has 34 heavy (non-hydrogen) atoms. The van der Waals surface area contributed by atoms with E-state index in [-0.39, 0.29) is 36.9 Å². The number of carbonyl (C=O) groups excluding carboxylic acids is 2. The van der Waals surface area contributed by atoms with Crippen LogP contribution in [-0.4, -0.2) is 53.7 Å². The maximum absolute atomic E-state index is 13.1. The second-order valence-electron chi connectivity index (χ2n) is 9.58. The fourth-order valence-corrected chi connectivity index (χ4v) is 5.83. The number of nitrogens with one attached hydrogen (secondary N) is 1. The maximum atomic E-state index is 13.1. The molecule has 0 radical (unpaired) electrons. The van der Waals surface area contributed by atoms with Crippen LogP contribution in [0.1, 0.15) is 49.1 Å². The van der Waals surface area contributed by atoms with Gasteiger partial charge < -0.3 is 20.1 Å². The van der Waals surface area contributed by atoms with Crippen molar-refractivity contribution in [2.24, 2.45) is 11.8 Å². The minimum absolute atomic E-state index is 0.0135. The fraction of sp³-hybridized carbons (Fsp3) is 0.444. The van der Waals surface area contributed by atoms with Crippen molar-refractivity contribution in [1.82, 2.24) is 10.2 Å². The summed E-state index contributed by atoms with van der Waals surface area (Å²) in [5.41, 5.74) is 4.66. The lowest BCUT2D eigenvalue weighted by molar-refractivity contribution is -0.146. The van der Waals surface area contributed by atoms with Crippen LogP contribution in [0.5, 0.6) is 0 Å². The van der Waals surface area contributed by atoms with E-state index in [9.17, 15) is 19.5 Å². The standard InChI is InChI=1S/C27H30N2O5/c30-25(29-14-6-7-17(15-29)26(31)32)22-12-5-13-24(22)28-27(33)34-16-23-20-10-3-1-8-18(20)19-9-2-4-11-21(19)23/h1-4,8-11,17,22-24H,5-7,12-16H2,(H,28,33)(H,31,32)/t17-,22-,24+/m1/s1. The summed E-state index contributed by atoms with van der Waals surface area (Å²) < 4.78 is 5.67. The van der Waals surface area contributed by atoms with E-state index in [2.05, 4.69) is 29.6 Å². The Labute approximate surface area is 199 Å². The highest BCUT2D eigenvalue weighted by atomic mass is 16.5. The number of nitrogens with zero attached hydrogens (tertiary/aromatic N) is 1. The Morgan fingerprint density at radius 3 is 2.29 bits per heavy atom. The first-order chi connectivity index (χ1) is 16.5. The van der Waals surface area contributed by atoms with E-state index in [1.165, 1.54) is 11.1 Å². The number of hydrogen-bond acceptors (Lipinski definition) is 4. The van der Waals surface area contributed by atoms with Crippen molar-refractivity contribution in [3.63, 3.8) is 0 Å². The number of carbonyl (C=O) groups is 3. The fourth-order valence-electron chi connectivity index (χ4n) is 5.83. The number of benzene rings is 2. The van der Waals surface area contributed by atoms with Crippen molar-refractivity contribution in [2.45, 2.75) is 44.1 Å². The number of amides is 2. The number of carboxylic acids is 1. The molecule has 3 atom stereocenters. The lowest BCUT2D eigenvalue weighted by atomic mass is 9.95. The summed E-state index contributed by atoms with van der Waals surface area (Å²) in [5.74, 6) is -1.74. The molecule has 0 bridgehead atoms. The molecule has 2 aromatic rings. The number of piperidine rings is 1. The first-order valence-corrected chi connectivity index (χ1v) is 12.2. The van der Waals surface area contributed by atoms with Crippen LogP contribution in [0, 0.1) is 11.8 Å². The van der Waals surface area contributed by atoms with Gasteiger partial charge in [0, 0.05) is 25.0 Å². The van der Waals surface area contributed by atoms with E-state index >= 15 is 0 Å². The molecule has 2 aliphatic carbocycles. The Morgan fingerprint density at radius 1 is 0.941 bits per heavy atom. The lowest BCUT2D eigenvalue weighted by Crippen LogP contribution is -2.49. The summed E-state index contributed by atoms with van der Waals surface area (Å²) in [5, 5.41) is 12.3. The van der Waals surface area contributed by atoms with Gasteiger partial charge in [0.05, 0.1) is 11.8 Å². The van der Waals surface area contributed by atoms with E-state index in [1.54, 1.807) is 4.90 Å². The second-order valence-corrected chi connectivity index (χ2v) is 9.58.